The number of hydrogen-bond acceptors (Lipinski definition) is 1. The van der Waals surface area contributed by atoms with Crippen molar-refractivity contribution in [1.29, 1.82) is 0 Å². The number of allylic oxidation sites excluding steroid dienone is 1. The van der Waals surface area contributed by atoms with Crippen LogP contribution in [0.2, 0.25) is 39.3 Å². The number of hydrogen-bond donors (Lipinski definition) is 0. The fourth-order valence-electron chi connectivity index (χ4n) is 1.85. The fourth-order valence-corrected chi connectivity index (χ4v) is 5.47. The minimum Gasteiger partial charge on any atom is -0.552 e. The van der Waals surface area contributed by atoms with E-state index in [1.807, 2.05) is 0 Å². The highest BCUT2D eigenvalue weighted by atomic mass is 28.4. The van der Waals surface area contributed by atoms with Crippen molar-refractivity contribution in [3.05, 3.63) is 47.4 Å². The lowest BCUT2D eigenvalue weighted by atomic mass is 10.0. The van der Waals surface area contributed by atoms with Crippen LogP contribution in [0.15, 0.2) is 41.8 Å². The summed E-state index contributed by atoms with van der Waals surface area (Å²) in [5.41, 5.74) is 1.36. The zero-order valence-corrected chi connectivity index (χ0v) is 15.4. The van der Waals surface area contributed by atoms with Crippen LogP contribution in [0.4, 0.5) is 0 Å². The van der Waals surface area contributed by atoms with E-state index < -0.39 is 16.4 Å². The Morgan fingerprint density at radius 3 is 1.95 bits per heavy atom. The van der Waals surface area contributed by atoms with Crippen molar-refractivity contribution in [1.82, 2.24) is 0 Å². The maximum absolute atomic E-state index is 6.36. The molecule has 0 fully saturated rings. The topological polar surface area (TPSA) is 9.23 Å². The van der Waals surface area contributed by atoms with Crippen LogP contribution in [0, 0.1) is 0 Å². The quantitative estimate of drug-likeness (QED) is 0.521. The minimum absolute atomic E-state index is 0.416. The summed E-state index contributed by atoms with van der Waals surface area (Å²) in [6.45, 7) is 16.1. The van der Waals surface area contributed by atoms with Crippen LogP contribution in [0.3, 0.4) is 0 Å². The van der Waals surface area contributed by atoms with Crippen molar-refractivity contribution in [2.75, 3.05) is 0 Å². The first-order chi connectivity index (χ1) is 8.59. The fraction of sp³-hybridized carbons (Fsp3) is 0.500. The molecule has 0 saturated heterocycles. The summed E-state index contributed by atoms with van der Waals surface area (Å²) in [6, 6.07) is 10.7. The van der Waals surface area contributed by atoms with Crippen LogP contribution in [0.1, 0.15) is 18.4 Å². The van der Waals surface area contributed by atoms with E-state index in [0.717, 1.165) is 0 Å². The van der Waals surface area contributed by atoms with E-state index in [4.69, 9.17) is 4.43 Å². The van der Waals surface area contributed by atoms with E-state index >= 15 is 0 Å². The van der Waals surface area contributed by atoms with Crippen molar-refractivity contribution in [2.24, 2.45) is 0 Å². The van der Waals surface area contributed by atoms with Gasteiger partial charge in [-0.05, 0) is 31.3 Å². The Kier molecular flexibility index (Phi) is 5.21. The Morgan fingerprint density at radius 1 is 1.00 bits per heavy atom. The molecule has 19 heavy (non-hydrogen) atoms. The van der Waals surface area contributed by atoms with E-state index in [0.29, 0.717) is 5.92 Å². The number of rotatable bonds is 5. The summed E-state index contributed by atoms with van der Waals surface area (Å²) in [6.07, 6.45) is 2.35. The highest BCUT2D eigenvalue weighted by molar-refractivity contribution is 6.84. The summed E-state index contributed by atoms with van der Waals surface area (Å²) >= 11 is 0. The monoisotopic (exact) mass is 292 g/mol. The SMILES string of the molecule is CC(/C=C(/O[Si](C)(C)C)[Si](C)(C)C)c1ccccc1. The zero-order chi connectivity index (χ0) is 14.7. The molecule has 0 heterocycles. The van der Waals surface area contributed by atoms with Gasteiger partial charge in [0.05, 0.1) is 5.38 Å². The molecule has 0 N–H and O–H groups in total. The molecule has 1 rings (SSSR count). The van der Waals surface area contributed by atoms with Crippen molar-refractivity contribution in [2.45, 2.75) is 52.1 Å². The summed E-state index contributed by atoms with van der Waals surface area (Å²) in [5.74, 6) is 0.416. The average molecular weight is 293 g/mol. The molecule has 1 aromatic rings. The molecule has 0 aliphatic rings. The first-order valence-corrected chi connectivity index (χ1v) is 14.0. The molecular weight excluding hydrogens is 264 g/mol. The Bertz CT molecular complexity index is 424. The second-order valence-electron chi connectivity index (χ2n) is 7.19. The lowest BCUT2D eigenvalue weighted by Gasteiger charge is -2.30. The molecule has 1 atom stereocenters. The van der Waals surface area contributed by atoms with Crippen molar-refractivity contribution >= 4 is 16.4 Å². The van der Waals surface area contributed by atoms with Gasteiger partial charge < -0.3 is 4.43 Å². The molecule has 0 saturated carbocycles. The normalized spacial score (nSPS) is 15.2. The first-order valence-electron chi connectivity index (χ1n) is 7.06. The van der Waals surface area contributed by atoms with E-state index in [2.05, 4.69) is 82.6 Å². The van der Waals surface area contributed by atoms with Crippen LogP contribution < -0.4 is 0 Å². The third kappa shape index (κ3) is 5.79. The molecule has 1 nitrogen and oxygen atoms in total. The van der Waals surface area contributed by atoms with Gasteiger partial charge in [0.1, 0.15) is 8.07 Å². The zero-order valence-electron chi connectivity index (χ0n) is 13.4. The van der Waals surface area contributed by atoms with E-state index in [1.54, 1.807) is 0 Å². The predicted octanol–water partition coefficient (Wildman–Crippen LogP) is 5.40. The molecule has 0 spiro atoms. The summed E-state index contributed by atoms with van der Waals surface area (Å²) < 4.78 is 6.36. The Balaban J connectivity index is 3.01. The van der Waals surface area contributed by atoms with Crippen molar-refractivity contribution < 1.29 is 4.43 Å². The predicted molar refractivity (Wildman–Crippen MR) is 90.7 cm³/mol. The third-order valence-corrected chi connectivity index (χ3v) is 5.67. The lowest BCUT2D eigenvalue weighted by Crippen LogP contribution is -2.35. The molecule has 0 aliphatic heterocycles. The van der Waals surface area contributed by atoms with Gasteiger partial charge in [0.2, 0.25) is 8.32 Å². The second kappa shape index (κ2) is 6.10. The lowest BCUT2D eigenvalue weighted by molar-refractivity contribution is 0.448. The highest BCUT2D eigenvalue weighted by Crippen LogP contribution is 2.26. The van der Waals surface area contributed by atoms with Gasteiger partial charge in [-0.1, -0.05) is 56.9 Å². The average Bonchev–Trinajstić information content (AvgIpc) is 2.26. The molecule has 0 aromatic heterocycles. The van der Waals surface area contributed by atoms with Gasteiger partial charge in [0.25, 0.3) is 0 Å². The minimum atomic E-state index is -1.53. The van der Waals surface area contributed by atoms with Gasteiger partial charge in [0.15, 0.2) is 0 Å². The van der Waals surface area contributed by atoms with Crippen molar-refractivity contribution in [3.63, 3.8) is 0 Å². The molecule has 1 aromatic carbocycles. The van der Waals surface area contributed by atoms with E-state index in [1.165, 1.54) is 10.9 Å². The summed E-state index contributed by atoms with van der Waals surface area (Å²) in [5, 5.41) is 1.27. The second-order valence-corrected chi connectivity index (χ2v) is 16.6. The largest absolute Gasteiger partial charge is 0.552 e. The van der Waals surface area contributed by atoms with Gasteiger partial charge in [-0.3, -0.25) is 0 Å². The summed E-state index contributed by atoms with van der Waals surface area (Å²) in [4.78, 5) is 0. The molecule has 3 heteroatoms. The molecular formula is C16H28OSi2. The van der Waals surface area contributed by atoms with Crippen LogP contribution >= 0.6 is 0 Å². The first kappa shape index (κ1) is 16.2. The van der Waals surface area contributed by atoms with Crippen LogP contribution in [-0.4, -0.2) is 16.4 Å². The van der Waals surface area contributed by atoms with Crippen LogP contribution in [0.25, 0.3) is 0 Å². The molecule has 1 unspecified atom stereocenters. The standard InChI is InChI=1S/C16H28OSi2/c1-14(15-11-9-8-10-12-15)13-16(18(2,3)4)17-19(5,6)7/h8-14H,1-7H3/b16-13-. The van der Waals surface area contributed by atoms with Gasteiger partial charge >= 0.3 is 0 Å². The Hall–Kier alpha value is -0.806. The van der Waals surface area contributed by atoms with E-state index in [9.17, 15) is 0 Å². The third-order valence-electron chi connectivity index (χ3n) is 2.88. The maximum atomic E-state index is 6.36. The maximum Gasteiger partial charge on any atom is 0.241 e. The van der Waals surface area contributed by atoms with E-state index in [-0.39, 0.29) is 0 Å². The van der Waals surface area contributed by atoms with Gasteiger partial charge in [0, 0.05) is 5.92 Å². The highest BCUT2D eigenvalue weighted by Gasteiger charge is 2.27. The van der Waals surface area contributed by atoms with Crippen molar-refractivity contribution in [3.8, 4) is 0 Å². The van der Waals surface area contributed by atoms with Gasteiger partial charge in [-0.2, -0.15) is 0 Å². The molecule has 0 bridgehead atoms. The Labute approximate surface area is 120 Å². The molecule has 0 radical (unpaired) electrons. The smallest absolute Gasteiger partial charge is 0.241 e. The molecule has 0 amide bonds. The number of benzene rings is 1. The van der Waals surface area contributed by atoms with Crippen LogP contribution in [-0.2, 0) is 4.43 Å². The molecule has 106 valence electrons. The Morgan fingerprint density at radius 2 is 1.53 bits per heavy atom. The van der Waals surface area contributed by atoms with Gasteiger partial charge in [-0.25, -0.2) is 0 Å². The molecule has 0 aliphatic carbocycles. The summed E-state index contributed by atoms with van der Waals surface area (Å²) in [7, 11) is -2.95. The van der Waals surface area contributed by atoms with Gasteiger partial charge in [-0.15, -0.1) is 0 Å². The van der Waals surface area contributed by atoms with Crippen LogP contribution in [0.5, 0.6) is 0 Å².